The van der Waals surface area contributed by atoms with E-state index in [1.807, 2.05) is 11.3 Å². The average Bonchev–Trinajstić information content (AvgIpc) is 3.96. The predicted molar refractivity (Wildman–Crippen MR) is 238 cm³/mol. The minimum atomic E-state index is 0.618. The third kappa shape index (κ3) is 5.06. The fraction of sp³-hybridized carbons (Fsp3) is 0. The second-order valence-electron chi connectivity index (χ2n) is 14.5. The molecule has 0 spiro atoms. The number of benzene rings is 8. The van der Waals surface area contributed by atoms with Crippen LogP contribution in [0.5, 0.6) is 0 Å². The van der Waals surface area contributed by atoms with Gasteiger partial charge in [-0.25, -0.2) is 9.97 Å². The van der Waals surface area contributed by atoms with E-state index in [1.165, 1.54) is 25.6 Å². The molecule has 0 N–H and O–H groups in total. The lowest BCUT2D eigenvalue weighted by Gasteiger charge is -2.11. The highest BCUT2D eigenvalue weighted by atomic mass is 32.1. The van der Waals surface area contributed by atoms with Crippen LogP contribution in [0, 0.1) is 0 Å². The van der Waals surface area contributed by atoms with Crippen LogP contribution in [0.15, 0.2) is 192 Å². The fourth-order valence-corrected chi connectivity index (χ4v) is 9.65. The number of aromatic nitrogens is 3. The zero-order chi connectivity index (χ0) is 37.5. The monoisotopic (exact) mass is 745 g/mol. The van der Waals surface area contributed by atoms with Crippen LogP contribution in [-0.4, -0.2) is 14.5 Å². The van der Waals surface area contributed by atoms with Gasteiger partial charge in [0.15, 0.2) is 11.4 Å². The Kier molecular flexibility index (Phi) is 7.06. The molecule has 12 rings (SSSR count). The summed E-state index contributed by atoms with van der Waals surface area (Å²) in [6.45, 7) is 0. The first kappa shape index (κ1) is 32.0. The predicted octanol–water partition coefficient (Wildman–Crippen LogP) is 14.5. The molecule has 0 bridgehead atoms. The molecule has 0 unspecified atom stereocenters. The maximum atomic E-state index is 7.11. The Labute approximate surface area is 331 Å². The van der Waals surface area contributed by atoms with Crippen LogP contribution in [-0.2, 0) is 0 Å². The lowest BCUT2D eigenvalue weighted by molar-refractivity contribution is 0.671. The maximum absolute atomic E-state index is 7.11. The molecule has 0 fully saturated rings. The molecular formula is C52H31N3OS. The standard InChI is InChI=1S/C52H31N3OS/c1-3-13-32(14-4-1)33-15-11-16-34(29-33)44-31-45(35-25-28-48-43(30-35)38-20-8-10-24-47(38)57-48)54-52(53-44)42-22-12-21-40-41-27-26-39-37-19-7-9-23-46(37)55(36-17-5-2-6-18-36)49(39)51(41)56-50(40)42/h1-31H. The number of hydrogen-bond acceptors (Lipinski definition) is 4. The highest BCUT2D eigenvalue weighted by Gasteiger charge is 2.22. The van der Waals surface area contributed by atoms with Gasteiger partial charge in [-0.3, -0.25) is 0 Å². The summed E-state index contributed by atoms with van der Waals surface area (Å²) in [5.41, 5.74) is 11.8. The SMILES string of the molecule is c1ccc(-c2cccc(-c3cc(-c4ccc5sc6ccccc6c5c4)nc(-c4cccc5c4oc4c5ccc5c6ccccc6n(-c6ccccc6)c54)n3)c2)cc1. The van der Waals surface area contributed by atoms with Gasteiger partial charge in [0, 0.05) is 58.5 Å². The molecule has 0 saturated carbocycles. The second-order valence-corrected chi connectivity index (χ2v) is 15.6. The third-order valence-electron chi connectivity index (χ3n) is 11.2. The number of para-hydroxylation sites is 3. The first-order chi connectivity index (χ1) is 28.2. The molecule has 266 valence electrons. The van der Waals surface area contributed by atoms with Crippen LogP contribution >= 0.6 is 11.3 Å². The molecule has 4 nitrogen and oxygen atoms in total. The molecule has 0 aliphatic heterocycles. The number of nitrogens with zero attached hydrogens (tertiary/aromatic N) is 3. The Morgan fingerprint density at radius 1 is 0.404 bits per heavy atom. The van der Waals surface area contributed by atoms with E-state index in [0.29, 0.717) is 5.82 Å². The number of thiophene rings is 1. The van der Waals surface area contributed by atoms with Gasteiger partial charge >= 0.3 is 0 Å². The summed E-state index contributed by atoms with van der Waals surface area (Å²) in [6, 6.07) is 66.5. The highest BCUT2D eigenvalue weighted by Crippen LogP contribution is 2.43. The van der Waals surface area contributed by atoms with E-state index in [1.54, 1.807) is 0 Å². The molecule has 4 heterocycles. The Balaban J connectivity index is 1.11. The average molecular weight is 746 g/mol. The van der Waals surface area contributed by atoms with Crippen molar-refractivity contribution >= 4 is 75.3 Å². The molecule has 0 radical (unpaired) electrons. The van der Waals surface area contributed by atoms with E-state index in [4.69, 9.17) is 14.4 Å². The van der Waals surface area contributed by atoms with Crippen molar-refractivity contribution in [3.05, 3.63) is 188 Å². The van der Waals surface area contributed by atoms with Crippen molar-refractivity contribution in [2.45, 2.75) is 0 Å². The largest absolute Gasteiger partial charge is 0.453 e. The van der Waals surface area contributed by atoms with Crippen LogP contribution in [0.1, 0.15) is 0 Å². The zero-order valence-corrected chi connectivity index (χ0v) is 31.4. The highest BCUT2D eigenvalue weighted by molar-refractivity contribution is 7.25. The van der Waals surface area contributed by atoms with Crippen LogP contribution in [0.2, 0.25) is 0 Å². The van der Waals surface area contributed by atoms with Crippen LogP contribution in [0.4, 0.5) is 0 Å². The second kappa shape index (κ2) is 12.6. The van der Waals surface area contributed by atoms with E-state index in [0.717, 1.165) is 83.3 Å². The molecule has 0 amide bonds. The molecule has 0 aliphatic rings. The quantitative estimate of drug-likeness (QED) is 0.176. The fourth-order valence-electron chi connectivity index (χ4n) is 8.56. The van der Waals surface area contributed by atoms with Gasteiger partial charge in [-0.05, 0) is 71.8 Å². The smallest absolute Gasteiger partial charge is 0.164 e. The van der Waals surface area contributed by atoms with Gasteiger partial charge in [-0.1, -0.05) is 127 Å². The molecular weight excluding hydrogens is 715 g/mol. The summed E-state index contributed by atoms with van der Waals surface area (Å²) < 4.78 is 12.0. The van der Waals surface area contributed by atoms with E-state index in [-0.39, 0.29) is 0 Å². The Morgan fingerprint density at radius 3 is 1.89 bits per heavy atom. The zero-order valence-electron chi connectivity index (χ0n) is 30.6. The molecule has 0 aliphatic carbocycles. The first-order valence-electron chi connectivity index (χ1n) is 19.1. The van der Waals surface area contributed by atoms with Gasteiger partial charge < -0.3 is 8.98 Å². The van der Waals surface area contributed by atoms with Gasteiger partial charge in [0.05, 0.1) is 28.0 Å². The lowest BCUT2D eigenvalue weighted by Crippen LogP contribution is -1.96. The van der Waals surface area contributed by atoms with Gasteiger partial charge in [0.25, 0.3) is 0 Å². The minimum absolute atomic E-state index is 0.618. The lowest BCUT2D eigenvalue weighted by atomic mass is 10.00. The number of hydrogen-bond donors (Lipinski definition) is 0. The van der Waals surface area contributed by atoms with E-state index in [2.05, 4.69) is 193 Å². The van der Waals surface area contributed by atoms with Crippen LogP contribution < -0.4 is 0 Å². The van der Waals surface area contributed by atoms with Crippen molar-refractivity contribution in [3.63, 3.8) is 0 Å². The molecule has 4 aromatic heterocycles. The van der Waals surface area contributed by atoms with Crippen LogP contribution in [0.3, 0.4) is 0 Å². The Bertz CT molecular complexity index is 3520. The summed E-state index contributed by atoms with van der Waals surface area (Å²) in [5.74, 6) is 0.618. The Morgan fingerprint density at radius 2 is 1.04 bits per heavy atom. The molecule has 8 aromatic carbocycles. The maximum Gasteiger partial charge on any atom is 0.164 e. The number of rotatable bonds is 5. The summed E-state index contributed by atoms with van der Waals surface area (Å²) in [7, 11) is 0. The number of fused-ring (bicyclic) bond motifs is 10. The van der Waals surface area contributed by atoms with Gasteiger partial charge in [-0.2, -0.15) is 0 Å². The topological polar surface area (TPSA) is 43.9 Å². The Hall–Kier alpha value is -7.34. The van der Waals surface area contributed by atoms with Crippen molar-refractivity contribution in [1.29, 1.82) is 0 Å². The summed E-state index contributed by atoms with van der Waals surface area (Å²) in [5, 5.41) is 6.92. The van der Waals surface area contributed by atoms with Gasteiger partial charge in [-0.15, -0.1) is 11.3 Å². The third-order valence-corrected chi connectivity index (χ3v) is 12.4. The van der Waals surface area contributed by atoms with E-state index < -0.39 is 0 Å². The van der Waals surface area contributed by atoms with Gasteiger partial charge in [0.2, 0.25) is 0 Å². The summed E-state index contributed by atoms with van der Waals surface area (Å²) >= 11 is 1.82. The van der Waals surface area contributed by atoms with E-state index >= 15 is 0 Å². The summed E-state index contributed by atoms with van der Waals surface area (Å²) in [4.78, 5) is 10.7. The van der Waals surface area contributed by atoms with Crippen molar-refractivity contribution < 1.29 is 4.42 Å². The normalized spacial score (nSPS) is 11.9. The molecule has 5 heteroatoms. The molecule has 0 saturated heterocycles. The van der Waals surface area contributed by atoms with Crippen molar-refractivity contribution in [1.82, 2.24) is 14.5 Å². The molecule has 57 heavy (non-hydrogen) atoms. The van der Waals surface area contributed by atoms with Crippen LogP contribution in [0.25, 0.3) is 115 Å². The van der Waals surface area contributed by atoms with E-state index in [9.17, 15) is 0 Å². The molecule has 12 aromatic rings. The van der Waals surface area contributed by atoms with Crippen molar-refractivity contribution in [2.75, 3.05) is 0 Å². The minimum Gasteiger partial charge on any atom is -0.453 e. The van der Waals surface area contributed by atoms with Crippen molar-refractivity contribution in [3.8, 4) is 50.7 Å². The first-order valence-corrected chi connectivity index (χ1v) is 20.0. The number of furan rings is 1. The molecule has 0 atom stereocenters. The van der Waals surface area contributed by atoms with Gasteiger partial charge in [0.1, 0.15) is 5.58 Å². The van der Waals surface area contributed by atoms with Crippen molar-refractivity contribution in [2.24, 2.45) is 0 Å². The summed E-state index contributed by atoms with van der Waals surface area (Å²) in [6.07, 6.45) is 0.